The topological polar surface area (TPSA) is 65.1 Å². The normalized spacial score (nSPS) is 23.1. The average molecular weight is 431 g/mol. The minimum atomic E-state index is -2.87. The van der Waals surface area contributed by atoms with E-state index in [2.05, 4.69) is 14.8 Å². The van der Waals surface area contributed by atoms with Crippen molar-refractivity contribution < 1.29 is 27.4 Å². The number of ketones is 1. The molecule has 0 unspecified atom stereocenters. The van der Waals surface area contributed by atoms with Gasteiger partial charge in [-0.1, -0.05) is 12.1 Å². The van der Waals surface area contributed by atoms with Crippen molar-refractivity contribution in [2.24, 2.45) is 4.99 Å². The first-order valence-electron chi connectivity index (χ1n) is 9.39. The Morgan fingerprint density at radius 1 is 1.35 bits per heavy atom. The van der Waals surface area contributed by atoms with E-state index in [0.29, 0.717) is 11.3 Å². The maximum Gasteiger partial charge on any atom is 0.277 e. The highest BCUT2D eigenvalue weighted by molar-refractivity contribution is 5.96. The van der Waals surface area contributed by atoms with Crippen LogP contribution in [-0.4, -0.2) is 42.4 Å². The highest BCUT2D eigenvalue weighted by Crippen LogP contribution is 2.40. The predicted molar refractivity (Wildman–Crippen MR) is 107 cm³/mol. The molecule has 0 amide bonds. The fourth-order valence-electron chi connectivity index (χ4n) is 3.72. The fraction of sp³-hybridized carbons (Fsp3) is 0.364. The van der Waals surface area contributed by atoms with Crippen molar-refractivity contribution in [3.8, 4) is 0 Å². The molecule has 3 rings (SSSR count). The second-order valence-corrected chi connectivity index (χ2v) is 7.28. The van der Waals surface area contributed by atoms with Gasteiger partial charge in [-0.25, -0.2) is 23.0 Å². The Labute approximate surface area is 177 Å². The molecule has 0 aliphatic carbocycles. The van der Waals surface area contributed by atoms with Gasteiger partial charge in [0.1, 0.15) is 23.2 Å². The Kier molecular flexibility index (Phi) is 6.41. The van der Waals surface area contributed by atoms with E-state index in [9.17, 15) is 18.0 Å². The zero-order valence-electron chi connectivity index (χ0n) is 17.1. The monoisotopic (exact) mass is 431 g/mol. The van der Waals surface area contributed by atoms with E-state index in [0.717, 1.165) is 0 Å². The van der Waals surface area contributed by atoms with Crippen LogP contribution < -0.4 is 0 Å². The molecule has 0 fully saturated rings. The number of Topliss-reactive ketones (excluding diaryl/α,β-unsaturated/α-hetero) is 1. The predicted octanol–water partition coefficient (Wildman–Crippen LogP) is 4.51. The van der Waals surface area contributed by atoms with Crippen LogP contribution in [0.15, 0.2) is 41.5 Å². The lowest BCUT2D eigenvalue weighted by Crippen LogP contribution is -2.53. The molecule has 0 radical (unpaired) electrons. The van der Waals surface area contributed by atoms with Crippen LogP contribution in [0.25, 0.3) is 4.85 Å². The number of hydrogen-bond acceptors (Lipinski definition) is 5. The number of rotatable bonds is 6. The molecule has 6 nitrogen and oxygen atoms in total. The van der Waals surface area contributed by atoms with Crippen LogP contribution in [-0.2, 0) is 21.4 Å². The summed E-state index contributed by atoms with van der Waals surface area (Å²) in [4.78, 5) is 24.1. The van der Waals surface area contributed by atoms with Crippen molar-refractivity contribution >= 4 is 17.4 Å². The molecule has 0 N–H and O–H groups in total. The molecule has 1 aromatic carbocycles. The summed E-state index contributed by atoms with van der Waals surface area (Å²) in [7, 11) is 1.24. The fourth-order valence-corrected chi connectivity index (χ4v) is 3.72. The minimum Gasteiger partial charge on any atom is -0.469 e. The lowest BCUT2D eigenvalue weighted by Gasteiger charge is -2.42. The first-order chi connectivity index (χ1) is 14.7. The van der Waals surface area contributed by atoms with Gasteiger partial charge < -0.3 is 9.47 Å². The third-order valence-corrected chi connectivity index (χ3v) is 5.15. The minimum absolute atomic E-state index is 0.00826. The molecule has 162 valence electrons. The van der Waals surface area contributed by atoms with Gasteiger partial charge in [0.25, 0.3) is 6.43 Å². The van der Waals surface area contributed by atoms with Gasteiger partial charge in [0.05, 0.1) is 6.57 Å². The maximum atomic E-state index is 14.8. The molecule has 0 saturated carbocycles. The average Bonchev–Trinajstić information content (AvgIpc) is 2.74. The molecule has 9 heteroatoms. The summed E-state index contributed by atoms with van der Waals surface area (Å²) in [6.07, 6.45) is -4.54. The first kappa shape index (κ1) is 22.4. The van der Waals surface area contributed by atoms with Crippen LogP contribution in [0.5, 0.6) is 0 Å². The van der Waals surface area contributed by atoms with E-state index in [4.69, 9.17) is 16.0 Å². The van der Waals surface area contributed by atoms with Crippen molar-refractivity contribution in [3.63, 3.8) is 0 Å². The van der Waals surface area contributed by atoms with Crippen LogP contribution in [0.1, 0.15) is 35.5 Å². The highest BCUT2D eigenvalue weighted by Gasteiger charge is 2.50. The number of hydrogen-bond donors (Lipinski definition) is 0. The van der Waals surface area contributed by atoms with E-state index >= 15 is 0 Å². The number of carbonyl (C=O) groups is 1. The van der Waals surface area contributed by atoms with E-state index < -0.39 is 30.0 Å². The largest absolute Gasteiger partial charge is 0.469 e. The number of nitrogens with zero attached hydrogens (tertiary/aromatic N) is 3. The van der Waals surface area contributed by atoms with Gasteiger partial charge >= 0.3 is 0 Å². The molecule has 2 aromatic rings. The number of aromatic nitrogens is 1. The zero-order chi connectivity index (χ0) is 22.8. The Morgan fingerprint density at radius 2 is 2.10 bits per heavy atom. The third kappa shape index (κ3) is 4.44. The molecular weight excluding hydrogens is 411 g/mol. The second kappa shape index (κ2) is 8.86. The molecule has 31 heavy (non-hydrogen) atoms. The summed E-state index contributed by atoms with van der Waals surface area (Å²) in [5, 5.41) is 0. The van der Waals surface area contributed by atoms with Crippen molar-refractivity contribution in [2.75, 3.05) is 7.11 Å². The van der Waals surface area contributed by atoms with Gasteiger partial charge in [0, 0.05) is 32.2 Å². The summed E-state index contributed by atoms with van der Waals surface area (Å²) >= 11 is 0. The number of alkyl halides is 2. The van der Waals surface area contributed by atoms with Crippen molar-refractivity contribution in [3.05, 3.63) is 70.6 Å². The Morgan fingerprint density at radius 3 is 2.68 bits per heavy atom. The molecule has 0 spiro atoms. The van der Waals surface area contributed by atoms with E-state index in [1.807, 2.05) is 0 Å². The smallest absolute Gasteiger partial charge is 0.277 e. The van der Waals surface area contributed by atoms with Crippen LogP contribution in [0, 0.1) is 12.4 Å². The van der Waals surface area contributed by atoms with Crippen LogP contribution in [0.3, 0.4) is 0 Å². The lowest BCUT2D eigenvalue weighted by atomic mass is 9.81. The summed E-state index contributed by atoms with van der Waals surface area (Å²) in [6, 6.07) is 6.97. The van der Waals surface area contributed by atoms with Gasteiger partial charge in [0.2, 0.25) is 5.69 Å². The van der Waals surface area contributed by atoms with Crippen molar-refractivity contribution in [1.82, 2.24) is 4.98 Å². The molecule has 0 saturated heterocycles. The molecule has 3 atom stereocenters. The summed E-state index contributed by atoms with van der Waals surface area (Å²) in [6.45, 7) is 9.85. The summed E-state index contributed by atoms with van der Waals surface area (Å²) < 4.78 is 52.4. The maximum absolute atomic E-state index is 14.8. The molecule has 1 aliphatic rings. The molecule has 0 bridgehead atoms. The number of ether oxygens (including phenoxy) is 2. The summed E-state index contributed by atoms with van der Waals surface area (Å²) in [5.74, 6) is -1.00. The number of halogens is 3. The Balaban J connectivity index is 1.96. The van der Waals surface area contributed by atoms with Gasteiger partial charge in [-0.2, -0.15) is 0 Å². The van der Waals surface area contributed by atoms with E-state index in [-0.39, 0.29) is 29.4 Å². The van der Waals surface area contributed by atoms with E-state index in [1.165, 1.54) is 57.5 Å². The lowest BCUT2D eigenvalue weighted by molar-refractivity contribution is -0.120. The quantitative estimate of drug-likeness (QED) is 0.499. The first-order valence-corrected chi connectivity index (χ1v) is 9.39. The second-order valence-electron chi connectivity index (χ2n) is 7.28. The van der Waals surface area contributed by atoms with Crippen molar-refractivity contribution in [2.45, 2.75) is 44.4 Å². The summed E-state index contributed by atoms with van der Waals surface area (Å²) in [5.41, 5.74) is -0.537. The number of pyridine rings is 1. The van der Waals surface area contributed by atoms with Crippen LogP contribution >= 0.6 is 0 Å². The SMILES string of the molecule is [C-]#[N+]c1ccc(C(=O)Cc2ccc(F)c([C@@]3(C)N=C(C)O[C@H](C(F)F)[C@@H]3OC)c2)nc1. The molecule has 1 aromatic heterocycles. The highest BCUT2D eigenvalue weighted by atomic mass is 19.3. The van der Waals surface area contributed by atoms with Gasteiger partial charge in [-0.3, -0.25) is 9.78 Å². The van der Waals surface area contributed by atoms with Gasteiger partial charge in [-0.15, -0.1) is 0 Å². The Hall–Kier alpha value is -3.25. The number of methoxy groups -OCH3 is 1. The standard InChI is InChI=1S/C22H20F3N3O3/c1-12-28-22(2,20(30-4)19(31-12)21(24)25)15-9-13(5-7-16(15)23)10-18(29)17-8-6-14(26-3)11-27-17/h5-9,11,19-21H,10H2,1-2,4H3/t19-,20-,22+/m0/s1. The van der Waals surface area contributed by atoms with Crippen LogP contribution in [0.2, 0.25) is 0 Å². The zero-order valence-corrected chi connectivity index (χ0v) is 17.1. The van der Waals surface area contributed by atoms with E-state index in [1.54, 1.807) is 0 Å². The number of aliphatic imine (C=N–C) groups is 1. The number of carbonyl (C=O) groups excluding carboxylic acids is 1. The van der Waals surface area contributed by atoms with Gasteiger partial charge in [-0.05, 0) is 30.7 Å². The Bertz CT molecular complexity index is 1050. The third-order valence-electron chi connectivity index (χ3n) is 5.15. The van der Waals surface area contributed by atoms with Crippen LogP contribution in [0.4, 0.5) is 18.9 Å². The van der Waals surface area contributed by atoms with Gasteiger partial charge in [0.15, 0.2) is 17.8 Å². The van der Waals surface area contributed by atoms with Crippen molar-refractivity contribution in [1.29, 1.82) is 0 Å². The molecule has 2 heterocycles. The molecular formula is C22H20F3N3O3. The molecule has 1 aliphatic heterocycles. The number of benzene rings is 1.